The number of aromatic nitrogens is 1. The largest absolute Gasteiger partial charge is 0.497 e. The number of fused-ring (bicyclic) bond motifs is 1. The first-order chi connectivity index (χ1) is 11.3. The first-order valence-corrected chi connectivity index (χ1v) is 7.49. The van der Waals surface area contributed by atoms with Gasteiger partial charge in [0.1, 0.15) is 11.4 Å². The highest BCUT2D eigenvalue weighted by Crippen LogP contribution is 2.18. The lowest BCUT2D eigenvalue weighted by molar-refractivity contribution is -0.120. The van der Waals surface area contributed by atoms with Gasteiger partial charge in [0, 0.05) is 11.9 Å². The van der Waals surface area contributed by atoms with Crippen LogP contribution in [0.5, 0.6) is 5.75 Å². The van der Waals surface area contributed by atoms with Crippen LogP contribution in [0.3, 0.4) is 0 Å². The fourth-order valence-electron chi connectivity index (χ4n) is 2.42. The first-order valence-electron chi connectivity index (χ1n) is 7.49. The predicted octanol–water partition coefficient (Wildman–Crippen LogP) is 2.74. The van der Waals surface area contributed by atoms with Gasteiger partial charge in [-0.2, -0.15) is 0 Å². The average Bonchev–Trinajstić information content (AvgIpc) is 2.99. The third-order valence-electron chi connectivity index (χ3n) is 3.68. The van der Waals surface area contributed by atoms with Gasteiger partial charge in [-0.1, -0.05) is 29.4 Å². The van der Waals surface area contributed by atoms with Crippen LogP contribution in [0.4, 0.5) is 0 Å². The molecule has 0 bridgehead atoms. The molecule has 0 aliphatic rings. The Hall–Kier alpha value is -2.82. The summed E-state index contributed by atoms with van der Waals surface area (Å²) in [5, 5.41) is 7.77. The lowest BCUT2D eigenvalue weighted by atomic mass is 10.1. The minimum atomic E-state index is -0.0578. The lowest BCUT2D eigenvalue weighted by Crippen LogP contribution is -2.27. The van der Waals surface area contributed by atoms with Crippen LogP contribution in [0.2, 0.25) is 0 Å². The van der Waals surface area contributed by atoms with Crippen molar-refractivity contribution in [3.05, 3.63) is 59.8 Å². The van der Waals surface area contributed by atoms with Crippen LogP contribution >= 0.6 is 0 Å². The lowest BCUT2D eigenvalue weighted by Gasteiger charge is -2.05. The second-order valence-electron chi connectivity index (χ2n) is 5.25. The molecule has 0 unspecified atom stereocenters. The maximum atomic E-state index is 12.0. The molecule has 1 N–H and O–H groups in total. The number of para-hydroxylation sites is 1. The summed E-state index contributed by atoms with van der Waals surface area (Å²) in [6.45, 7) is 0.584. The zero-order valence-electron chi connectivity index (χ0n) is 12.9. The van der Waals surface area contributed by atoms with Crippen molar-refractivity contribution in [2.45, 2.75) is 12.8 Å². The Kier molecular flexibility index (Phi) is 4.57. The maximum Gasteiger partial charge on any atom is 0.226 e. The number of hydrogen-bond acceptors (Lipinski definition) is 4. The second-order valence-corrected chi connectivity index (χ2v) is 5.25. The molecule has 0 saturated heterocycles. The molecule has 0 radical (unpaired) electrons. The van der Waals surface area contributed by atoms with Crippen molar-refractivity contribution in [3.63, 3.8) is 0 Å². The van der Waals surface area contributed by atoms with E-state index in [1.807, 2.05) is 48.5 Å². The third kappa shape index (κ3) is 3.69. The van der Waals surface area contributed by atoms with E-state index in [9.17, 15) is 4.79 Å². The topological polar surface area (TPSA) is 64.4 Å². The highest BCUT2D eigenvalue weighted by molar-refractivity contribution is 5.86. The minimum Gasteiger partial charge on any atom is -0.497 e. The molecule has 0 atom stereocenters. The van der Waals surface area contributed by atoms with E-state index in [-0.39, 0.29) is 12.3 Å². The molecule has 5 nitrogen and oxygen atoms in total. The fourth-order valence-corrected chi connectivity index (χ4v) is 2.42. The Morgan fingerprint density at radius 1 is 1.17 bits per heavy atom. The van der Waals surface area contributed by atoms with Gasteiger partial charge in [0.2, 0.25) is 5.91 Å². The summed E-state index contributed by atoms with van der Waals surface area (Å²) in [6.07, 6.45) is 0.995. The molecule has 1 aromatic heterocycles. The SMILES string of the molecule is COc1ccc(CCNC(=O)Cc2noc3ccccc23)cc1. The van der Waals surface area contributed by atoms with E-state index in [4.69, 9.17) is 9.26 Å². The van der Waals surface area contributed by atoms with E-state index in [1.165, 1.54) is 0 Å². The number of carbonyl (C=O) groups is 1. The molecule has 0 fully saturated rings. The molecule has 0 aliphatic heterocycles. The molecule has 1 heterocycles. The Bertz CT molecular complexity index is 793. The van der Waals surface area contributed by atoms with E-state index >= 15 is 0 Å². The highest BCUT2D eigenvalue weighted by atomic mass is 16.5. The second kappa shape index (κ2) is 6.96. The van der Waals surface area contributed by atoms with Crippen LogP contribution < -0.4 is 10.1 Å². The number of carbonyl (C=O) groups excluding carboxylic acids is 1. The number of methoxy groups -OCH3 is 1. The smallest absolute Gasteiger partial charge is 0.226 e. The summed E-state index contributed by atoms with van der Waals surface area (Å²) in [5.74, 6) is 0.772. The molecule has 2 aromatic carbocycles. The summed E-state index contributed by atoms with van der Waals surface area (Å²) in [4.78, 5) is 12.0. The fraction of sp³-hybridized carbons (Fsp3) is 0.222. The quantitative estimate of drug-likeness (QED) is 0.760. The molecule has 23 heavy (non-hydrogen) atoms. The first kappa shape index (κ1) is 15.1. The molecular weight excluding hydrogens is 292 g/mol. The molecule has 0 aliphatic carbocycles. The van der Waals surface area contributed by atoms with Crippen molar-refractivity contribution >= 4 is 16.9 Å². The highest BCUT2D eigenvalue weighted by Gasteiger charge is 2.11. The van der Waals surface area contributed by atoms with E-state index in [2.05, 4.69) is 10.5 Å². The van der Waals surface area contributed by atoms with Gasteiger partial charge in [-0.05, 0) is 36.2 Å². The van der Waals surface area contributed by atoms with Crippen molar-refractivity contribution in [2.75, 3.05) is 13.7 Å². The van der Waals surface area contributed by atoms with Gasteiger partial charge in [0.15, 0.2) is 5.58 Å². The standard InChI is InChI=1S/C18H18N2O3/c1-22-14-8-6-13(7-9-14)10-11-19-18(21)12-16-15-4-2-3-5-17(15)23-20-16/h2-9H,10-12H2,1H3,(H,19,21). The molecule has 5 heteroatoms. The van der Waals surface area contributed by atoms with Gasteiger partial charge in [0.05, 0.1) is 13.5 Å². The normalized spacial score (nSPS) is 10.7. The Balaban J connectivity index is 1.51. The average molecular weight is 310 g/mol. The number of ether oxygens (including phenoxy) is 1. The molecule has 1 amide bonds. The number of hydrogen-bond donors (Lipinski definition) is 1. The maximum absolute atomic E-state index is 12.0. The van der Waals surface area contributed by atoms with Crippen molar-refractivity contribution in [1.82, 2.24) is 10.5 Å². The van der Waals surface area contributed by atoms with Crippen LogP contribution in [-0.2, 0) is 17.6 Å². The Morgan fingerprint density at radius 3 is 2.74 bits per heavy atom. The molecule has 3 aromatic rings. The summed E-state index contributed by atoms with van der Waals surface area (Å²) in [6, 6.07) is 15.4. The summed E-state index contributed by atoms with van der Waals surface area (Å²) in [5.41, 5.74) is 2.52. The van der Waals surface area contributed by atoms with E-state index in [0.717, 1.165) is 23.1 Å². The monoisotopic (exact) mass is 310 g/mol. The van der Waals surface area contributed by atoms with E-state index < -0.39 is 0 Å². The van der Waals surface area contributed by atoms with Crippen molar-refractivity contribution in [2.24, 2.45) is 0 Å². The van der Waals surface area contributed by atoms with E-state index in [0.29, 0.717) is 17.8 Å². The minimum absolute atomic E-state index is 0.0578. The van der Waals surface area contributed by atoms with Gasteiger partial charge in [-0.25, -0.2) is 0 Å². The van der Waals surface area contributed by atoms with Crippen LogP contribution in [0.15, 0.2) is 53.1 Å². The summed E-state index contributed by atoms with van der Waals surface area (Å²) < 4.78 is 10.3. The van der Waals surface area contributed by atoms with Gasteiger partial charge in [0.25, 0.3) is 0 Å². The van der Waals surface area contributed by atoms with Crippen LogP contribution in [0.25, 0.3) is 11.0 Å². The number of nitrogens with one attached hydrogen (secondary N) is 1. The molecule has 0 spiro atoms. The van der Waals surface area contributed by atoms with Gasteiger partial charge in [-0.3, -0.25) is 4.79 Å². The van der Waals surface area contributed by atoms with Gasteiger partial charge >= 0.3 is 0 Å². The van der Waals surface area contributed by atoms with Gasteiger partial charge < -0.3 is 14.6 Å². The number of amides is 1. The van der Waals surface area contributed by atoms with Crippen molar-refractivity contribution in [1.29, 1.82) is 0 Å². The van der Waals surface area contributed by atoms with E-state index in [1.54, 1.807) is 7.11 Å². The van der Waals surface area contributed by atoms with Crippen LogP contribution in [0.1, 0.15) is 11.3 Å². The molecule has 3 rings (SSSR count). The zero-order chi connectivity index (χ0) is 16.1. The molecule has 118 valence electrons. The predicted molar refractivity (Wildman–Crippen MR) is 87.4 cm³/mol. The van der Waals surface area contributed by atoms with Crippen LogP contribution in [-0.4, -0.2) is 24.7 Å². The number of nitrogens with zero attached hydrogens (tertiary/aromatic N) is 1. The van der Waals surface area contributed by atoms with Gasteiger partial charge in [-0.15, -0.1) is 0 Å². The number of rotatable bonds is 6. The molecule has 0 saturated carbocycles. The molecular formula is C18H18N2O3. The Morgan fingerprint density at radius 2 is 1.96 bits per heavy atom. The summed E-state index contributed by atoms with van der Waals surface area (Å²) in [7, 11) is 1.64. The zero-order valence-corrected chi connectivity index (χ0v) is 12.9. The Labute approximate surface area is 134 Å². The van der Waals surface area contributed by atoms with Crippen molar-refractivity contribution in [3.8, 4) is 5.75 Å². The van der Waals surface area contributed by atoms with Crippen molar-refractivity contribution < 1.29 is 14.1 Å². The third-order valence-corrected chi connectivity index (χ3v) is 3.68. The number of benzene rings is 2. The van der Waals surface area contributed by atoms with Crippen LogP contribution in [0, 0.1) is 0 Å². The summed E-state index contributed by atoms with van der Waals surface area (Å²) >= 11 is 0.